The van der Waals surface area contributed by atoms with Crippen LogP contribution in [0.3, 0.4) is 0 Å². The van der Waals surface area contributed by atoms with Gasteiger partial charge in [-0.05, 0) is 31.6 Å². The van der Waals surface area contributed by atoms with Crippen LogP contribution in [0.5, 0.6) is 0 Å². The van der Waals surface area contributed by atoms with Crippen LogP contribution in [0.4, 0.5) is 0 Å². The van der Waals surface area contributed by atoms with Gasteiger partial charge < -0.3 is 15.4 Å². The molecule has 0 aromatic carbocycles. The van der Waals surface area contributed by atoms with Crippen molar-refractivity contribution in [2.24, 2.45) is 5.92 Å². The van der Waals surface area contributed by atoms with Gasteiger partial charge in [-0.15, -0.1) is 0 Å². The number of hydrogen-bond acceptors (Lipinski definition) is 3. The van der Waals surface area contributed by atoms with Gasteiger partial charge in [0.05, 0.1) is 6.10 Å². The first-order chi connectivity index (χ1) is 10.2. The van der Waals surface area contributed by atoms with Crippen molar-refractivity contribution in [3.05, 3.63) is 5.21 Å². The second-order valence-electron chi connectivity index (χ2n) is 7.24. The molecular weight excluding hydrogens is 262 g/mol. The molecule has 2 rings (SSSR count). The van der Waals surface area contributed by atoms with Gasteiger partial charge >= 0.3 is 0 Å². The molecule has 1 saturated carbocycles. The van der Waals surface area contributed by atoms with Gasteiger partial charge in [-0.3, -0.25) is 0 Å². The first-order valence-corrected chi connectivity index (χ1v) is 9.37. The largest absolute Gasteiger partial charge is 0.785 e. The molecule has 0 amide bonds. The summed E-state index contributed by atoms with van der Waals surface area (Å²) in [5.41, 5.74) is 0. The molecular formula is C18H34NO2-. The fraction of sp³-hybridized carbons (Fsp3) is 1.00. The van der Waals surface area contributed by atoms with Crippen molar-refractivity contribution in [2.45, 2.75) is 109 Å². The molecule has 21 heavy (non-hydrogen) atoms. The smallest absolute Gasteiger partial charge is 0.0597 e. The highest BCUT2D eigenvalue weighted by atomic mass is 16.5. The lowest BCUT2D eigenvalue weighted by Crippen LogP contribution is -2.54. The van der Waals surface area contributed by atoms with E-state index in [4.69, 9.17) is 0 Å². The molecule has 1 heterocycles. The highest BCUT2D eigenvalue weighted by molar-refractivity contribution is 4.96. The van der Waals surface area contributed by atoms with E-state index in [1.165, 1.54) is 50.0 Å². The molecule has 1 saturated heterocycles. The molecule has 0 aromatic rings. The molecule has 4 unspecified atom stereocenters. The van der Waals surface area contributed by atoms with Gasteiger partial charge in [0.2, 0.25) is 0 Å². The van der Waals surface area contributed by atoms with Crippen molar-refractivity contribution in [3.8, 4) is 0 Å². The maximum atomic E-state index is 12.5. The molecule has 2 aliphatic rings. The van der Waals surface area contributed by atoms with E-state index in [9.17, 15) is 10.3 Å². The second kappa shape index (κ2) is 9.12. The van der Waals surface area contributed by atoms with Crippen LogP contribution < -0.4 is 0 Å². The fourth-order valence-electron chi connectivity index (χ4n) is 4.32. The summed E-state index contributed by atoms with van der Waals surface area (Å²) in [5.74, 6) is 0.251. The van der Waals surface area contributed by atoms with Crippen LogP contribution in [0.1, 0.15) is 90.4 Å². The van der Waals surface area contributed by atoms with E-state index in [1.807, 2.05) is 0 Å². The first kappa shape index (κ1) is 17.2. The Morgan fingerprint density at radius 3 is 2.43 bits per heavy atom. The summed E-state index contributed by atoms with van der Waals surface area (Å²) in [5, 5.41) is 24.2. The number of piperidine rings is 1. The van der Waals surface area contributed by atoms with Crippen LogP contribution >= 0.6 is 0 Å². The van der Waals surface area contributed by atoms with Gasteiger partial charge in [0.15, 0.2) is 0 Å². The molecule has 4 atom stereocenters. The average Bonchev–Trinajstić information content (AvgIpc) is 2.51. The third kappa shape index (κ3) is 4.94. The van der Waals surface area contributed by atoms with Crippen molar-refractivity contribution < 1.29 is 5.11 Å². The Morgan fingerprint density at radius 1 is 1.00 bits per heavy atom. The summed E-state index contributed by atoms with van der Waals surface area (Å²) in [6, 6.07) is 0.187. The minimum Gasteiger partial charge on any atom is -0.785 e. The van der Waals surface area contributed by atoms with Crippen LogP contribution in [0.2, 0.25) is 0 Å². The van der Waals surface area contributed by atoms with E-state index in [0.29, 0.717) is 6.42 Å². The zero-order valence-electron chi connectivity index (χ0n) is 13.8. The molecule has 3 heteroatoms. The number of aliphatic hydroxyl groups is 1. The van der Waals surface area contributed by atoms with E-state index in [2.05, 4.69) is 6.92 Å². The standard InChI is InChI=1S/C18H34NO2/c1-2-3-4-5-6-7-8-11-15-14-18(20)16-12-9-10-13-17(16)19(15)21/h15-18,20H,2-14H2,1H3/q-1. The lowest BCUT2D eigenvalue weighted by Gasteiger charge is -2.54. The Morgan fingerprint density at radius 2 is 1.67 bits per heavy atom. The van der Waals surface area contributed by atoms with Crippen molar-refractivity contribution in [1.82, 2.24) is 5.06 Å². The summed E-state index contributed by atoms with van der Waals surface area (Å²) in [7, 11) is 0. The van der Waals surface area contributed by atoms with Gasteiger partial charge in [0, 0.05) is 12.1 Å². The zero-order chi connectivity index (χ0) is 15.1. The fourth-order valence-corrected chi connectivity index (χ4v) is 4.32. The average molecular weight is 296 g/mol. The Hall–Kier alpha value is -0.120. The predicted molar refractivity (Wildman–Crippen MR) is 88.0 cm³/mol. The highest BCUT2D eigenvalue weighted by Crippen LogP contribution is 2.38. The molecule has 3 nitrogen and oxygen atoms in total. The topological polar surface area (TPSA) is 46.5 Å². The van der Waals surface area contributed by atoms with Crippen LogP contribution in [0.25, 0.3) is 0 Å². The zero-order valence-corrected chi connectivity index (χ0v) is 13.8. The molecule has 0 aromatic heterocycles. The molecule has 1 aliphatic carbocycles. The van der Waals surface area contributed by atoms with Crippen molar-refractivity contribution in [2.75, 3.05) is 0 Å². The SMILES string of the molecule is CCCCCCCCCC1CC(O)C2CCCCC2N1[O-]. The number of aliphatic hydroxyl groups excluding tert-OH is 1. The summed E-state index contributed by atoms with van der Waals surface area (Å²) in [4.78, 5) is 0. The van der Waals surface area contributed by atoms with Crippen LogP contribution in [-0.4, -0.2) is 28.4 Å². The van der Waals surface area contributed by atoms with Gasteiger partial charge in [0.1, 0.15) is 0 Å². The van der Waals surface area contributed by atoms with Gasteiger partial charge in [0.25, 0.3) is 0 Å². The Bertz CT molecular complexity index is 284. The third-order valence-electron chi connectivity index (χ3n) is 5.62. The van der Waals surface area contributed by atoms with Crippen molar-refractivity contribution in [1.29, 1.82) is 0 Å². The van der Waals surface area contributed by atoms with E-state index < -0.39 is 0 Å². The lowest BCUT2D eigenvalue weighted by atomic mass is 9.75. The number of hydrogen-bond donors (Lipinski definition) is 1. The van der Waals surface area contributed by atoms with Gasteiger partial charge in [-0.25, -0.2) is 0 Å². The third-order valence-corrected chi connectivity index (χ3v) is 5.62. The molecule has 2 fully saturated rings. The van der Waals surface area contributed by atoms with Crippen LogP contribution in [-0.2, 0) is 0 Å². The number of fused-ring (bicyclic) bond motifs is 1. The Kier molecular flexibility index (Phi) is 7.48. The normalized spacial score (nSPS) is 33.9. The van der Waals surface area contributed by atoms with Gasteiger partial charge in [-0.2, -0.15) is 0 Å². The highest BCUT2D eigenvalue weighted by Gasteiger charge is 2.38. The summed E-state index contributed by atoms with van der Waals surface area (Å²) in [6.07, 6.45) is 14.9. The minimum atomic E-state index is -0.227. The first-order valence-electron chi connectivity index (χ1n) is 9.37. The Labute approximate surface area is 130 Å². The molecule has 0 bridgehead atoms. The second-order valence-corrected chi connectivity index (χ2v) is 7.24. The van der Waals surface area contributed by atoms with Crippen LogP contribution in [0, 0.1) is 11.1 Å². The predicted octanol–water partition coefficient (Wildman–Crippen LogP) is 4.62. The number of rotatable bonds is 8. The number of hydroxylamine groups is 2. The number of unbranched alkanes of at least 4 members (excludes halogenated alkanes) is 6. The quantitative estimate of drug-likeness (QED) is 0.665. The lowest BCUT2D eigenvalue weighted by molar-refractivity contribution is -0.0473. The van der Waals surface area contributed by atoms with E-state index in [0.717, 1.165) is 32.1 Å². The van der Waals surface area contributed by atoms with E-state index >= 15 is 0 Å². The maximum absolute atomic E-state index is 12.5. The van der Waals surface area contributed by atoms with E-state index in [-0.39, 0.29) is 24.1 Å². The summed E-state index contributed by atoms with van der Waals surface area (Å²) in [6.45, 7) is 2.25. The molecule has 0 spiro atoms. The molecule has 1 aliphatic heterocycles. The molecule has 0 radical (unpaired) electrons. The molecule has 1 N–H and O–H groups in total. The molecule has 124 valence electrons. The number of nitrogens with zero attached hydrogens (tertiary/aromatic N) is 1. The summed E-state index contributed by atoms with van der Waals surface area (Å²) >= 11 is 0. The van der Waals surface area contributed by atoms with Gasteiger partial charge in [-0.1, -0.05) is 64.7 Å². The monoisotopic (exact) mass is 296 g/mol. The maximum Gasteiger partial charge on any atom is 0.0597 e. The Balaban J connectivity index is 1.66. The minimum absolute atomic E-state index is 0.0787. The summed E-state index contributed by atoms with van der Waals surface area (Å²) < 4.78 is 0. The van der Waals surface area contributed by atoms with Crippen molar-refractivity contribution >= 4 is 0 Å². The van der Waals surface area contributed by atoms with Crippen LogP contribution in [0.15, 0.2) is 0 Å². The van der Waals surface area contributed by atoms with Crippen molar-refractivity contribution in [3.63, 3.8) is 0 Å². The van der Waals surface area contributed by atoms with E-state index in [1.54, 1.807) is 0 Å².